The SMILES string of the molecule is C=CCOC(=O)[C@H](Cc1ccccc1)Oc1ccc(C=O)cc1. The molecule has 0 amide bonds. The first kappa shape index (κ1) is 16.5. The summed E-state index contributed by atoms with van der Waals surface area (Å²) in [7, 11) is 0. The highest BCUT2D eigenvalue weighted by molar-refractivity contribution is 5.76. The predicted octanol–water partition coefficient (Wildman–Crippen LogP) is 3.22. The first-order valence-electron chi connectivity index (χ1n) is 7.26. The van der Waals surface area contributed by atoms with Gasteiger partial charge in [-0.3, -0.25) is 4.79 Å². The van der Waals surface area contributed by atoms with Crippen molar-refractivity contribution in [1.82, 2.24) is 0 Å². The first-order valence-corrected chi connectivity index (χ1v) is 7.26. The van der Waals surface area contributed by atoms with Gasteiger partial charge < -0.3 is 9.47 Å². The molecule has 0 aliphatic rings. The molecule has 0 saturated heterocycles. The van der Waals surface area contributed by atoms with E-state index in [1.54, 1.807) is 24.3 Å². The van der Waals surface area contributed by atoms with Gasteiger partial charge in [-0.05, 0) is 29.8 Å². The molecule has 0 unspecified atom stereocenters. The van der Waals surface area contributed by atoms with Crippen LogP contribution in [0, 0.1) is 0 Å². The van der Waals surface area contributed by atoms with Crippen LogP contribution in [-0.4, -0.2) is 25.0 Å². The summed E-state index contributed by atoms with van der Waals surface area (Å²) in [6.45, 7) is 3.66. The van der Waals surface area contributed by atoms with Gasteiger partial charge in [0.05, 0.1) is 0 Å². The number of hydrogen-bond acceptors (Lipinski definition) is 4. The Morgan fingerprint density at radius 2 is 1.78 bits per heavy atom. The Balaban J connectivity index is 2.12. The van der Waals surface area contributed by atoms with Gasteiger partial charge in [0.2, 0.25) is 0 Å². The maximum absolute atomic E-state index is 12.2. The second kappa shape index (κ2) is 8.54. The van der Waals surface area contributed by atoms with Crippen molar-refractivity contribution in [2.24, 2.45) is 0 Å². The Morgan fingerprint density at radius 1 is 1.09 bits per heavy atom. The lowest BCUT2D eigenvalue weighted by atomic mass is 10.1. The van der Waals surface area contributed by atoms with Crippen LogP contribution in [0.5, 0.6) is 5.75 Å². The van der Waals surface area contributed by atoms with Crippen LogP contribution in [0.3, 0.4) is 0 Å². The van der Waals surface area contributed by atoms with Crippen LogP contribution in [0.2, 0.25) is 0 Å². The minimum atomic E-state index is -0.764. The zero-order valence-corrected chi connectivity index (χ0v) is 12.7. The summed E-state index contributed by atoms with van der Waals surface area (Å²) >= 11 is 0. The highest BCUT2D eigenvalue weighted by Crippen LogP contribution is 2.16. The molecule has 0 fully saturated rings. The fraction of sp³-hybridized carbons (Fsp3) is 0.158. The maximum Gasteiger partial charge on any atom is 0.347 e. The van der Waals surface area contributed by atoms with Crippen LogP contribution in [0.15, 0.2) is 67.3 Å². The van der Waals surface area contributed by atoms with Crippen molar-refractivity contribution >= 4 is 12.3 Å². The Hall–Kier alpha value is -2.88. The number of hydrogen-bond donors (Lipinski definition) is 0. The summed E-state index contributed by atoms with van der Waals surface area (Å²) in [5.41, 5.74) is 1.52. The number of aldehydes is 1. The molecule has 1 atom stereocenters. The molecule has 0 spiro atoms. The van der Waals surface area contributed by atoms with Crippen molar-refractivity contribution in [3.05, 3.63) is 78.4 Å². The van der Waals surface area contributed by atoms with E-state index in [2.05, 4.69) is 6.58 Å². The lowest BCUT2D eigenvalue weighted by molar-refractivity contribution is -0.150. The zero-order valence-electron chi connectivity index (χ0n) is 12.7. The van der Waals surface area contributed by atoms with Crippen molar-refractivity contribution in [1.29, 1.82) is 0 Å². The molecule has 0 bridgehead atoms. The number of rotatable bonds is 8. The molecule has 0 saturated carbocycles. The lowest BCUT2D eigenvalue weighted by Gasteiger charge is -2.18. The molecule has 0 aromatic heterocycles. The minimum Gasteiger partial charge on any atom is -0.478 e. The topological polar surface area (TPSA) is 52.6 Å². The molecular weight excluding hydrogens is 292 g/mol. The lowest BCUT2D eigenvalue weighted by Crippen LogP contribution is -2.31. The van der Waals surface area contributed by atoms with Crippen molar-refractivity contribution < 1.29 is 19.1 Å². The highest BCUT2D eigenvalue weighted by atomic mass is 16.6. The van der Waals surface area contributed by atoms with Gasteiger partial charge in [0, 0.05) is 12.0 Å². The Bertz CT molecular complexity index is 647. The van der Waals surface area contributed by atoms with Crippen LogP contribution < -0.4 is 4.74 Å². The molecule has 0 aliphatic heterocycles. The minimum absolute atomic E-state index is 0.136. The predicted molar refractivity (Wildman–Crippen MR) is 87.5 cm³/mol. The van der Waals surface area contributed by atoms with Gasteiger partial charge in [-0.2, -0.15) is 0 Å². The zero-order chi connectivity index (χ0) is 16.5. The van der Waals surface area contributed by atoms with E-state index < -0.39 is 12.1 Å². The van der Waals surface area contributed by atoms with E-state index in [9.17, 15) is 9.59 Å². The van der Waals surface area contributed by atoms with Gasteiger partial charge in [0.15, 0.2) is 6.10 Å². The summed E-state index contributed by atoms with van der Waals surface area (Å²) in [6.07, 6.45) is 1.89. The van der Waals surface area contributed by atoms with Crippen LogP contribution >= 0.6 is 0 Å². The average Bonchev–Trinajstić information content (AvgIpc) is 2.60. The molecule has 0 N–H and O–H groups in total. The number of esters is 1. The molecule has 4 heteroatoms. The second-order valence-electron chi connectivity index (χ2n) is 4.90. The Morgan fingerprint density at radius 3 is 2.39 bits per heavy atom. The quantitative estimate of drug-likeness (QED) is 0.427. The van der Waals surface area contributed by atoms with E-state index in [4.69, 9.17) is 9.47 Å². The molecule has 0 radical (unpaired) electrons. The van der Waals surface area contributed by atoms with Crippen molar-refractivity contribution in [2.45, 2.75) is 12.5 Å². The van der Waals surface area contributed by atoms with E-state index in [0.717, 1.165) is 11.8 Å². The van der Waals surface area contributed by atoms with Gasteiger partial charge in [-0.1, -0.05) is 43.0 Å². The van der Waals surface area contributed by atoms with E-state index >= 15 is 0 Å². The van der Waals surface area contributed by atoms with Gasteiger partial charge in [-0.25, -0.2) is 4.79 Å². The van der Waals surface area contributed by atoms with Gasteiger partial charge in [-0.15, -0.1) is 0 Å². The number of benzene rings is 2. The van der Waals surface area contributed by atoms with Gasteiger partial charge >= 0.3 is 5.97 Å². The second-order valence-corrected chi connectivity index (χ2v) is 4.90. The molecule has 2 aromatic rings. The fourth-order valence-corrected chi connectivity index (χ4v) is 2.02. The number of carbonyl (C=O) groups excluding carboxylic acids is 2. The van der Waals surface area contributed by atoms with Gasteiger partial charge in [0.1, 0.15) is 18.6 Å². The van der Waals surface area contributed by atoms with Crippen molar-refractivity contribution in [3.8, 4) is 5.75 Å². The number of ether oxygens (including phenoxy) is 2. The maximum atomic E-state index is 12.2. The Kier molecular flexibility index (Phi) is 6.12. The summed E-state index contributed by atoms with van der Waals surface area (Å²) in [5, 5.41) is 0. The molecule has 23 heavy (non-hydrogen) atoms. The summed E-state index contributed by atoms with van der Waals surface area (Å²) in [6, 6.07) is 16.1. The summed E-state index contributed by atoms with van der Waals surface area (Å²) < 4.78 is 10.9. The third-order valence-corrected chi connectivity index (χ3v) is 3.16. The van der Waals surface area contributed by atoms with Crippen LogP contribution in [-0.2, 0) is 16.0 Å². The molecule has 4 nitrogen and oxygen atoms in total. The monoisotopic (exact) mass is 310 g/mol. The van der Waals surface area contributed by atoms with E-state index in [1.165, 1.54) is 6.08 Å². The molecular formula is C19H18O4. The summed E-state index contributed by atoms with van der Waals surface area (Å²) in [5.74, 6) is 0.0558. The van der Waals surface area contributed by atoms with E-state index in [1.807, 2.05) is 30.3 Å². The molecule has 118 valence electrons. The summed E-state index contributed by atoms with van der Waals surface area (Å²) in [4.78, 5) is 22.9. The van der Waals surface area contributed by atoms with Crippen molar-refractivity contribution in [3.63, 3.8) is 0 Å². The molecule has 2 aromatic carbocycles. The average molecular weight is 310 g/mol. The third-order valence-electron chi connectivity index (χ3n) is 3.16. The normalized spacial score (nSPS) is 11.3. The molecule has 0 aliphatic carbocycles. The first-order chi connectivity index (χ1) is 11.2. The molecule has 2 rings (SSSR count). The van der Waals surface area contributed by atoms with E-state index in [-0.39, 0.29) is 6.61 Å². The largest absolute Gasteiger partial charge is 0.478 e. The van der Waals surface area contributed by atoms with Crippen LogP contribution in [0.4, 0.5) is 0 Å². The van der Waals surface area contributed by atoms with E-state index in [0.29, 0.717) is 17.7 Å². The van der Waals surface area contributed by atoms with Crippen LogP contribution in [0.25, 0.3) is 0 Å². The number of carbonyl (C=O) groups is 2. The third kappa shape index (κ3) is 5.11. The van der Waals surface area contributed by atoms with Crippen LogP contribution in [0.1, 0.15) is 15.9 Å². The molecule has 0 heterocycles. The Labute approximate surface area is 135 Å². The smallest absolute Gasteiger partial charge is 0.347 e. The van der Waals surface area contributed by atoms with Crippen molar-refractivity contribution in [2.75, 3.05) is 6.61 Å². The highest BCUT2D eigenvalue weighted by Gasteiger charge is 2.22. The fourth-order valence-electron chi connectivity index (χ4n) is 2.02. The standard InChI is InChI=1S/C19H18O4/c1-2-12-22-19(21)18(13-15-6-4-3-5-7-15)23-17-10-8-16(14-20)9-11-17/h2-11,14,18H,1,12-13H2/t18-/m0/s1. The van der Waals surface area contributed by atoms with Gasteiger partial charge in [0.25, 0.3) is 0 Å².